The fourth-order valence-corrected chi connectivity index (χ4v) is 11.9. The average molecular weight is 580 g/mol. The molecule has 214 valence electrons. The van der Waals surface area contributed by atoms with Crippen molar-refractivity contribution >= 4 is 39.5 Å². The van der Waals surface area contributed by atoms with E-state index < -0.39 is 0 Å². The quantitative estimate of drug-likeness (QED) is 0.386. The molecule has 10 atom stereocenters. The second-order valence-electron chi connectivity index (χ2n) is 14.4. The molecule has 0 amide bonds. The van der Waals surface area contributed by atoms with Gasteiger partial charge in [0.15, 0.2) is 10.9 Å². The molecule has 0 aromatic carbocycles. The summed E-state index contributed by atoms with van der Waals surface area (Å²) in [6, 6.07) is 3.66. The first-order valence-electron chi connectivity index (χ1n) is 15.6. The molecule has 1 spiro atoms. The van der Waals surface area contributed by atoms with E-state index in [2.05, 4.69) is 44.1 Å². The summed E-state index contributed by atoms with van der Waals surface area (Å²) in [6.07, 6.45) is 14.3. The number of aryl methyl sites for hydroxylation is 1. The molecule has 2 saturated carbocycles. The van der Waals surface area contributed by atoms with E-state index in [0.29, 0.717) is 34.3 Å². The lowest BCUT2D eigenvalue weighted by molar-refractivity contribution is -0.272. The summed E-state index contributed by atoms with van der Waals surface area (Å²) >= 11 is 7.99. The predicted octanol–water partition coefficient (Wildman–Crippen LogP) is 8.52. The van der Waals surface area contributed by atoms with Crippen molar-refractivity contribution in [3.63, 3.8) is 0 Å². The highest BCUT2D eigenvalue weighted by Gasteiger charge is 2.68. The number of nitrogens with one attached hydrogen (secondary N) is 1. The minimum Gasteiger partial charge on any atom is -0.349 e. The van der Waals surface area contributed by atoms with Gasteiger partial charge in [-0.3, -0.25) is 0 Å². The molecule has 6 aliphatic rings. The highest BCUT2D eigenvalue weighted by atomic mass is 35.5. The van der Waals surface area contributed by atoms with Gasteiger partial charge in [0.2, 0.25) is 0 Å². The zero-order valence-electron chi connectivity index (χ0n) is 24.2. The van der Waals surface area contributed by atoms with Crippen LogP contribution in [-0.2, 0) is 15.9 Å². The molecule has 4 fully saturated rings. The fraction of sp³-hybridized carbons (Fsp3) is 0.697. The number of hydrogen-bond acceptors (Lipinski definition) is 6. The number of aromatic nitrogens is 2. The number of pyridine rings is 1. The van der Waals surface area contributed by atoms with Crippen LogP contribution in [0.5, 0.6) is 0 Å². The monoisotopic (exact) mass is 579 g/mol. The van der Waals surface area contributed by atoms with Gasteiger partial charge in [-0.15, -0.1) is 0 Å². The Balaban J connectivity index is 1.07. The van der Waals surface area contributed by atoms with E-state index in [1.165, 1.54) is 49.1 Å². The molecule has 7 heteroatoms. The third kappa shape index (κ3) is 3.64. The van der Waals surface area contributed by atoms with Crippen LogP contribution >= 0.6 is 22.9 Å². The standard InChI is InChI=1S/C33H42ClN3O2S/c1-18-7-13-33(38-17-18)19(2)28-26(39-33)16-24-21-5-6-23-29-25(9-12-31(23,3)22(21)8-11-32(24,28)4)36-30(40-29)37-27-15-20(34)10-14-35-27/h6,10,14-15,18-19,21-22,24,26,28H,5,7-9,11-13,16-17H2,1-4H3,(H,35,36,37)/t18-,19?,21-,22+,24+,26+,28+,31-,32+,33-/m1/s1. The van der Waals surface area contributed by atoms with Crippen LogP contribution in [0.25, 0.3) is 5.57 Å². The first-order valence-corrected chi connectivity index (χ1v) is 16.8. The first-order chi connectivity index (χ1) is 19.2. The van der Waals surface area contributed by atoms with Crippen LogP contribution in [-0.4, -0.2) is 28.5 Å². The molecule has 0 bridgehead atoms. The zero-order valence-corrected chi connectivity index (χ0v) is 25.8. The number of nitrogens with zero attached hydrogens (tertiary/aromatic N) is 2. The molecule has 0 radical (unpaired) electrons. The van der Waals surface area contributed by atoms with Gasteiger partial charge in [0.25, 0.3) is 0 Å². The minimum absolute atomic E-state index is 0.226. The third-order valence-electron chi connectivity index (χ3n) is 12.5. The van der Waals surface area contributed by atoms with Gasteiger partial charge < -0.3 is 14.8 Å². The summed E-state index contributed by atoms with van der Waals surface area (Å²) < 4.78 is 13.5. The van der Waals surface area contributed by atoms with E-state index in [1.807, 2.05) is 6.07 Å². The molecule has 2 aromatic heterocycles. The van der Waals surface area contributed by atoms with Gasteiger partial charge in [-0.1, -0.05) is 56.7 Å². The highest BCUT2D eigenvalue weighted by molar-refractivity contribution is 7.16. The Kier molecular flexibility index (Phi) is 5.90. The minimum atomic E-state index is -0.323. The van der Waals surface area contributed by atoms with Crippen molar-refractivity contribution in [3.05, 3.63) is 40.0 Å². The number of ether oxygens (including phenoxy) is 2. The van der Waals surface area contributed by atoms with Crippen LogP contribution in [0.2, 0.25) is 5.02 Å². The maximum atomic E-state index is 6.98. The number of halogens is 1. The molecule has 1 N–H and O–H groups in total. The van der Waals surface area contributed by atoms with Crippen molar-refractivity contribution in [1.82, 2.24) is 9.97 Å². The van der Waals surface area contributed by atoms with Gasteiger partial charge in [-0.2, -0.15) is 0 Å². The van der Waals surface area contributed by atoms with Gasteiger partial charge in [-0.25, -0.2) is 9.97 Å². The van der Waals surface area contributed by atoms with Crippen LogP contribution in [0.4, 0.5) is 10.9 Å². The normalized spacial score (nSPS) is 45.2. The molecular formula is C33H42ClN3O2S. The SMILES string of the molecule is CC1[C@H]2[C@H](C[C@H]3[C@@H]4CC=C5c6sc(Nc7cc(Cl)ccn7)nc6CC[C@]5(C)[C@H]4CC[C@@]32C)O[C@]12CC[C@@H](C)CO2. The molecular weight excluding hydrogens is 538 g/mol. The van der Waals surface area contributed by atoms with Crippen molar-refractivity contribution in [3.8, 4) is 0 Å². The lowest BCUT2D eigenvalue weighted by Crippen LogP contribution is -2.51. The number of rotatable bonds is 2. The van der Waals surface area contributed by atoms with Crippen LogP contribution in [0.3, 0.4) is 0 Å². The molecule has 4 heterocycles. The van der Waals surface area contributed by atoms with Crippen LogP contribution in [0.1, 0.15) is 83.2 Å². The summed E-state index contributed by atoms with van der Waals surface area (Å²) in [7, 11) is 0. The largest absolute Gasteiger partial charge is 0.349 e. The van der Waals surface area contributed by atoms with E-state index in [9.17, 15) is 0 Å². The van der Waals surface area contributed by atoms with Crippen molar-refractivity contribution in [2.45, 2.75) is 91.0 Å². The Bertz CT molecular complexity index is 1370. The number of hydrogen-bond donors (Lipinski definition) is 1. The van der Waals surface area contributed by atoms with Crippen LogP contribution in [0.15, 0.2) is 24.4 Å². The number of allylic oxidation sites excluding steroid dienone is 2. The van der Waals surface area contributed by atoms with Crippen molar-refractivity contribution < 1.29 is 9.47 Å². The molecule has 40 heavy (non-hydrogen) atoms. The van der Waals surface area contributed by atoms with E-state index >= 15 is 0 Å². The van der Waals surface area contributed by atoms with Crippen LogP contribution < -0.4 is 5.32 Å². The Morgan fingerprint density at radius 2 is 2.00 bits per heavy atom. The predicted molar refractivity (Wildman–Crippen MR) is 161 cm³/mol. The molecule has 8 rings (SSSR count). The van der Waals surface area contributed by atoms with Gasteiger partial charge in [0, 0.05) is 23.6 Å². The van der Waals surface area contributed by atoms with Gasteiger partial charge in [0.1, 0.15) is 5.82 Å². The second kappa shape index (κ2) is 9.02. The first kappa shape index (κ1) is 26.2. The third-order valence-corrected chi connectivity index (χ3v) is 13.8. The molecule has 4 aliphatic carbocycles. The molecule has 1 unspecified atom stereocenters. The lowest BCUT2D eigenvalue weighted by Gasteiger charge is -2.57. The molecule has 5 nitrogen and oxygen atoms in total. The second-order valence-corrected chi connectivity index (χ2v) is 15.9. The van der Waals surface area contributed by atoms with Crippen molar-refractivity contribution in [1.29, 1.82) is 0 Å². The number of thiazole rings is 1. The number of anilines is 2. The Labute approximate surface area is 247 Å². The maximum Gasteiger partial charge on any atom is 0.189 e. The average Bonchev–Trinajstić information content (AvgIpc) is 3.55. The van der Waals surface area contributed by atoms with Gasteiger partial charge in [-0.05, 0) is 103 Å². The molecule has 2 aliphatic heterocycles. The topological polar surface area (TPSA) is 56.3 Å². The van der Waals surface area contributed by atoms with E-state index in [4.69, 9.17) is 26.1 Å². The van der Waals surface area contributed by atoms with E-state index in [-0.39, 0.29) is 11.2 Å². The zero-order chi connectivity index (χ0) is 27.4. The van der Waals surface area contributed by atoms with Crippen molar-refractivity contribution in [2.24, 2.45) is 46.3 Å². The smallest absolute Gasteiger partial charge is 0.189 e. The fourth-order valence-electron chi connectivity index (χ4n) is 10.5. The van der Waals surface area contributed by atoms with E-state index in [1.54, 1.807) is 29.2 Å². The Morgan fingerprint density at radius 3 is 2.80 bits per heavy atom. The Hall–Kier alpha value is -1.47. The lowest BCUT2D eigenvalue weighted by atomic mass is 9.47. The van der Waals surface area contributed by atoms with Gasteiger partial charge in [0.05, 0.1) is 23.3 Å². The summed E-state index contributed by atoms with van der Waals surface area (Å²) in [4.78, 5) is 10.8. The molecule has 2 saturated heterocycles. The Morgan fingerprint density at radius 1 is 1.12 bits per heavy atom. The summed E-state index contributed by atoms with van der Waals surface area (Å²) in [6.45, 7) is 10.8. The number of fused-ring (bicyclic) bond motifs is 9. The van der Waals surface area contributed by atoms with Crippen molar-refractivity contribution in [2.75, 3.05) is 11.9 Å². The summed E-state index contributed by atoms with van der Waals surface area (Å²) in [5.74, 6) is 4.42. The molecule has 2 aromatic rings. The van der Waals surface area contributed by atoms with Crippen LogP contribution in [0, 0.1) is 46.3 Å². The van der Waals surface area contributed by atoms with E-state index in [0.717, 1.165) is 48.2 Å². The van der Waals surface area contributed by atoms with Gasteiger partial charge >= 0.3 is 0 Å². The summed E-state index contributed by atoms with van der Waals surface area (Å²) in [5.41, 5.74) is 3.40. The highest BCUT2D eigenvalue weighted by Crippen LogP contribution is 2.71. The maximum absolute atomic E-state index is 6.98. The summed E-state index contributed by atoms with van der Waals surface area (Å²) in [5, 5.41) is 5.02.